The highest BCUT2D eigenvalue weighted by Crippen LogP contribution is 2.21. The molecule has 1 aromatic carbocycles. The third kappa shape index (κ3) is 3.11. The standard InChI is InChI=1S/C14H16ClNO/c1-10(12-5-3-6-13(15)9-12)16-11(2)14-7-4-8-17-14/h3-11,16H,1-2H3/t10-,11?/m1/s1. The van der Waals surface area contributed by atoms with Crippen molar-refractivity contribution in [3.63, 3.8) is 0 Å². The average molecular weight is 250 g/mol. The molecule has 0 aliphatic heterocycles. The number of halogens is 1. The van der Waals surface area contributed by atoms with Crippen LogP contribution < -0.4 is 5.32 Å². The lowest BCUT2D eigenvalue weighted by Gasteiger charge is -2.19. The second kappa shape index (κ2) is 5.39. The molecule has 2 rings (SSSR count). The predicted octanol–water partition coefficient (Wildman–Crippen LogP) is 4.34. The molecule has 1 heterocycles. The fourth-order valence-corrected chi connectivity index (χ4v) is 2.07. The smallest absolute Gasteiger partial charge is 0.120 e. The summed E-state index contributed by atoms with van der Waals surface area (Å²) in [6.07, 6.45) is 1.69. The molecule has 0 bridgehead atoms. The van der Waals surface area contributed by atoms with Crippen LogP contribution in [-0.2, 0) is 0 Å². The molecule has 0 saturated carbocycles. The zero-order valence-corrected chi connectivity index (χ0v) is 10.7. The molecule has 0 spiro atoms. The Morgan fingerprint density at radius 1 is 1.12 bits per heavy atom. The molecule has 2 aromatic rings. The second-order valence-electron chi connectivity index (χ2n) is 4.18. The highest BCUT2D eigenvalue weighted by Gasteiger charge is 2.12. The van der Waals surface area contributed by atoms with Crippen molar-refractivity contribution in [2.45, 2.75) is 25.9 Å². The maximum Gasteiger partial charge on any atom is 0.120 e. The van der Waals surface area contributed by atoms with Crippen LogP contribution in [0.4, 0.5) is 0 Å². The van der Waals surface area contributed by atoms with E-state index in [1.807, 2.05) is 30.3 Å². The van der Waals surface area contributed by atoms with Crippen molar-refractivity contribution in [2.75, 3.05) is 0 Å². The molecule has 1 N–H and O–H groups in total. The fourth-order valence-electron chi connectivity index (χ4n) is 1.87. The number of rotatable bonds is 4. The lowest BCUT2D eigenvalue weighted by atomic mass is 10.1. The van der Waals surface area contributed by atoms with Gasteiger partial charge in [-0.1, -0.05) is 23.7 Å². The maximum atomic E-state index is 5.98. The Balaban J connectivity index is 2.04. The third-order valence-electron chi connectivity index (χ3n) is 2.82. The van der Waals surface area contributed by atoms with Crippen molar-refractivity contribution in [1.29, 1.82) is 0 Å². The van der Waals surface area contributed by atoms with E-state index >= 15 is 0 Å². The molecule has 2 atom stereocenters. The largest absolute Gasteiger partial charge is 0.468 e. The Morgan fingerprint density at radius 3 is 2.59 bits per heavy atom. The second-order valence-corrected chi connectivity index (χ2v) is 4.62. The van der Waals surface area contributed by atoms with E-state index in [9.17, 15) is 0 Å². The molecule has 0 aliphatic rings. The van der Waals surface area contributed by atoms with Gasteiger partial charge in [0, 0.05) is 11.1 Å². The van der Waals surface area contributed by atoms with Crippen molar-refractivity contribution in [1.82, 2.24) is 5.32 Å². The summed E-state index contributed by atoms with van der Waals surface area (Å²) in [4.78, 5) is 0. The van der Waals surface area contributed by atoms with Gasteiger partial charge in [0.2, 0.25) is 0 Å². The van der Waals surface area contributed by atoms with Crippen LogP contribution in [-0.4, -0.2) is 0 Å². The van der Waals surface area contributed by atoms with Crippen LogP contribution in [0.25, 0.3) is 0 Å². The van der Waals surface area contributed by atoms with E-state index in [4.69, 9.17) is 16.0 Å². The van der Waals surface area contributed by atoms with Gasteiger partial charge in [0.1, 0.15) is 5.76 Å². The first-order valence-electron chi connectivity index (χ1n) is 5.71. The third-order valence-corrected chi connectivity index (χ3v) is 3.05. The molecule has 0 fully saturated rings. The predicted molar refractivity (Wildman–Crippen MR) is 70.1 cm³/mol. The molecule has 0 radical (unpaired) electrons. The van der Waals surface area contributed by atoms with Crippen LogP contribution in [0, 0.1) is 0 Å². The first-order chi connectivity index (χ1) is 8.16. The van der Waals surface area contributed by atoms with Gasteiger partial charge in [-0.15, -0.1) is 0 Å². The van der Waals surface area contributed by atoms with E-state index < -0.39 is 0 Å². The van der Waals surface area contributed by atoms with Gasteiger partial charge in [-0.3, -0.25) is 0 Å². The van der Waals surface area contributed by atoms with Gasteiger partial charge in [-0.05, 0) is 43.7 Å². The molecule has 0 aliphatic carbocycles. The molecule has 1 aromatic heterocycles. The van der Waals surface area contributed by atoms with E-state index in [2.05, 4.69) is 25.2 Å². The monoisotopic (exact) mass is 249 g/mol. The van der Waals surface area contributed by atoms with Crippen LogP contribution in [0.3, 0.4) is 0 Å². The number of benzene rings is 1. The van der Waals surface area contributed by atoms with E-state index in [-0.39, 0.29) is 12.1 Å². The molecule has 17 heavy (non-hydrogen) atoms. The van der Waals surface area contributed by atoms with Crippen molar-refractivity contribution in [3.05, 3.63) is 59.0 Å². The van der Waals surface area contributed by atoms with Crippen LogP contribution in [0.2, 0.25) is 5.02 Å². The zero-order chi connectivity index (χ0) is 12.3. The summed E-state index contributed by atoms with van der Waals surface area (Å²) in [7, 11) is 0. The van der Waals surface area contributed by atoms with Crippen molar-refractivity contribution in [3.8, 4) is 0 Å². The van der Waals surface area contributed by atoms with Gasteiger partial charge in [0.05, 0.1) is 12.3 Å². The minimum atomic E-state index is 0.180. The Bertz CT molecular complexity index is 467. The topological polar surface area (TPSA) is 25.2 Å². The number of hydrogen-bond acceptors (Lipinski definition) is 2. The van der Waals surface area contributed by atoms with Crippen LogP contribution >= 0.6 is 11.6 Å². The molecule has 0 saturated heterocycles. The van der Waals surface area contributed by atoms with Gasteiger partial charge in [0.25, 0.3) is 0 Å². The summed E-state index contributed by atoms with van der Waals surface area (Å²) in [5.41, 5.74) is 1.18. The summed E-state index contributed by atoms with van der Waals surface area (Å²) >= 11 is 5.98. The van der Waals surface area contributed by atoms with E-state index in [1.54, 1.807) is 6.26 Å². The van der Waals surface area contributed by atoms with Crippen molar-refractivity contribution < 1.29 is 4.42 Å². The van der Waals surface area contributed by atoms with Crippen molar-refractivity contribution in [2.24, 2.45) is 0 Å². The molecule has 1 unspecified atom stereocenters. The first kappa shape index (κ1) is 12.2. The fraction of sp³-hybridized carbons (Fsp3) is 0.286. The van der Waals surface area contributed by atoms with Gasteiger partial charge in [-0.25, -0.2) is 0 Å². The molecule has 90 valence electrons. The minimum absolute atomic E-state index is 0.180. The summed E-state index contributed by atoms with van der Waals surface area (Å²) in [6, 6.07) is 12.2. The van der Waals surface area contributed by atoms with Crippen LogP contribution in [0.1, 0.15) is 37.3 Å². The number of nitrogens with one attached hydrogen (secondary N) is 1. The van der Waals surface area contributed by atoms with E-state index in [0.717, 1.165) is 10.8 Å². The Morgan fingerprint density at radius 2 is 1.94 bits per heavy atom. The van der Waals surface area contributed by atoms with Gasteiger partial charge >= 0.3 is 0 Å². The van der Waals surface area contributed by atoms with Crippen LogP contribution in [0.5, 0.6) is 0 Å². The summed E-state index contributed by atoms with van der Waals surface area (Å²) in [5, 5.41) is 4.24. The minimum Gasteiger partial charge on any atom is -0.468 e. The maximum absolute atomic E-state index is 5.98. The summed E-state index contributed by atoms with van der Waals surface area (Å²) in [6.45, 7) is 4.20. The summed E-state index contributed by atoms with van der Waals surface area (Å²) in [5.74, 6) is 0.943. The molecule has 0 amide bonds. The van der Waals surface area contributed by atoms with E-state index in [1.165, 1.54) is 5.56 Å². The zero-order valence-electron chi connectivity index (χ0n) is 9.98. The van der Waals surface area contributed by atoms with Gasteiger partial charge in [-0.2, -0.15) is 0 Å². The highest BCUT2D eigenvalue weighted by molar-refractivity contribution is 6.30. The number of hydrogen-bond donors (Lipinski definition) is 1. The summed E-state index contributed by atoms with van der Waals surface area (Å²) < 4.78 is 5.37. The first-order valence-corrected chi connectivity index (χ1v) is 6.09. The van der Waals surface area contributed by atoms with Crippen molar-refractivity contribution >= 4 is 11.6 Å². The van der Waals surface area contributed by atoms with E-state index in [0.29, 0.717) is 0 Å². The average Bonchev–Trinajstić information content (AvgIpc) is 2.82. The van der Waals surface area contributed by atoms with Gasteiger partial charge in [0.15, 0.2) is 0 Å². The Hall–Kier alpha value is -1.25. The van der Waals surface area contributed by atoms with Crippen LogP contribution in [0.15, 0.2) is 47.1 Å². The van der Waals surface area contributed by atoms with Gasteiger partial charge < -0.3 is 9.73 Å². The SMILES string of the molecule is CC(N[C@H](C)c1cccc(Cl)c1)c1ccco1. The Kier molecular flexibility index (Phi) is 3.87. The number of furan rings is 1. The molecule has 3 heteroatoms. The molecular weight excluding hydrogens is 234 g/mol. The molecular formula is C14H16ClNO. The normalized spacial score (nSPS) is 14.5. The highest BCUT2D eigenvalue weighted by atomic mass is 35.5. The lowest BCUT2D eigenvalue weighted by Crippen LogP contribution is -2.22. The lowest BCUT2D eigenvalue weighted by molar-refractivity contribution is 0.403. The molecule has 2 nitrogen and oxygen atoms in total. The quantitative estimate of drug-likeness (QED) is 0.872. The Labute approximate surface area is 107 Å².